The molecule has 3 rings (SSSR count). The number of para-hydroxylation sites is 1. The standard InChI is InChI=1S/C20H22N2O3/c1-24-16-7-8-18-17(12-16)15(13-22-18)9-10-21-20(23)11-14-5-3-4-6-19(14)25-2/h3-8,12-13,22H,9-11H2,1-2H3,(H,21,23). The predicted molar refractivity (Wildman–Crippen MR) is 98.3 cm³/mol. The lowest BCUT2D eigenvalue weighted by molar-refractivity contribution is -0.120. The summed E-state index contributed by atoms with van der Waals surface area (Å²) in [4.78, 5) is 15.4. The van der Waals surface area contributed by atoms with E-state index < -0.39 is 0 Å². The zero-order chi connectivity index (χ0) is 17.6. The number of nitrogens with one attached hydrogen (secondary N) is 2. The van der Waals surface area contributed by atoms with E-state index in [-0.39, 0.29) is 5.91 Å². The highest BCUT2D eigenvalue weighted by Crippen LogP contribution is 2.23. The molecule has 0 fully saturated rings. The minimum Gasteiger partial charge on any atom is -0.497 e. The maximum Gasteiger partial charge on any atom is 0.224 e. The van der Waals surface area contributed by atoms with Crippen LogP contribution >= 0.6 is 0 Å². The molecule has 0 aliphatic heterocycles. The smallest absolute Gasteiger partial charge is 0.224 e. The summed E-state index contributed by atoms with van der Waals surface area (Å²) in [6.07, 6.45) is 3.05. The molecule has 2 N–H and O–H groups in total. The van der Waals surface area contributed by atoms with Gasteiger partial charge in [-0.05, 0) is 36.2 Å². The molecule has 0 saturated heterocycles. The summed E-state index contributed by atoms with van der Waals surface area (Å²) in [5.41, 5.74) is 3.11. The van der Waals surface area contributed by atoms with E-state index in [0.29, 0.717) is 13.0 Å². The number of aromatic nitrogens is 1. The zero-order valence-electron chi connectivity index (χ0n) is 14.5. The number of carbonyl (C=O) groups is 1. The molecule has 5 heteroatoms. The minimum absolute atomic E-state index is 0.0121. The number of aromatic amines is 1. The van der Waals surface area contributed by atoms with Gasteiger partial charge >= 0.3 is 0 Å². The average molecular weight is 338 g/mol. The number of hydrogen-bond donors (Lipinski definition) is 2. The van der Waals surface area contributed by atoms with Crippen LogP contribution in [0.15, 0.2) is 48.7 Å². The summed E-state index contributed by atoms with van der Waals surface area (Å²) in [7, 11) is 3.27. The average Bonchev–Trinajstić information content (AvgIpc) is 3.04. The van der Waals surface area contributed by atoms with Gasteiger partial charge in [0.15, 0.2) is 0 Å². The van der Waals surface area contributed by atoms with Crippen molar-refractivity contribution in [2.24, 2.45) is 0 Å². The molecule has 2 aromatic carbocycles. The second kappa shape index (κ2) is 7.75. The molecule has 5 nitrogen and oxygen atoms in total. The number of benzene rings is 2. The maximum absolute atomic E-state index is 12.2. The number of carbonyl (C=O) groups excluding carboxylic acids is 1. The topological polar surface area (TPSA) is 63.3 Å². The van der Waals surface area contributed by atoms with Gasteiger partial charge in [-0.15, -0.1) is 0 Å². The molecule has 0 radical (unpaired) electrons. The number of H-pyrrole nitrogens is 1. The molecule has 130 valence electrons. The van der Waals surface area contributed by atoms with E-state index >= 15 is 0 Å². The van der Waals surface area contributed by atoms with Crippen LogP contribution in [0.1, 0.15) is 11.1 Å². The molecular formula is C20H22N2O3. The maximum atomic E-state index is 12.2. The Labute approximate surface area is 147 Å². The summed E-state index contributed by atoms with van der Waals surface area (Å²) < 4.78 is 10.6. The second-order valence-electron chi connectivity index (χ2n) is 5.81. The van der Waals surface area contributed by atoms with Gasteiger partial charge in [-0.25, -0.2) is 0 Å². The Balaban J connectivity index is 1.58. The molecule has 0 bridgehead atoms. The Morgan fingerprint density at radius 2 is 1.92 bits per heavy atom. The molecule has 1 amide bonds. The lowest BCUT2D eigenvalue weighted by Gasteiger charge is -2.09. The van der Waals surface area contributed by atoms with Crippen molar-refractivity contribution >= 4 is 16.8 Å². The highest BCUT2D eigenvalue weighted by molar-refractivity contribution is 5.85. The van der Waals surface area contributed by atoms with Crippen LogP contribution in [0.5, 0.6) is 11.5 Å². The van der Waals surface area contributed by atoms with E-state index in [0.717, 1.165) is 39.9 Å². The molecule has 0 spiro atoms. The fourth-order valence-electron chi connectivity index (χ4n) is 2.91. The number of ether oxygens (including phenoxy) is 2. The summed E-state index contributed by atoms with van der Waals surface area (Å²) in [6, 6.07) is 13.5. The fourth-order valence-corrected chi connectivity index (χ4v) is 2.91. The summed E-state index contributed by atoms with van der Waals surface area (Å²) in [6.45, 7) is 0.581. The normalized spacial score (nSPS) is 10.6. The highest BCUT2D eigenvalue weighted by atomic mass is 16.5. The fraction of sp³-hybridized carbons (Fsp3) is 0.250. The SMILES string of the molecule is COc1ccc2[nH]cc(CCNC(=O)Cc3ccccc3OC)c2c1. The van der Waals surface area contributed by atoms with Gasteiger partial charge in [0.1, 0.15) is 11.5 Å². The molecule has 3 aromatic rings. The second-order valence-corrected chi connectivity index (χ2v) is 5.81. The zero-order valence-corrected chi connectivity index (χ0v) is 14.5. The van der Waals surface area contributed by atoms with E-state index in [1.54, 1.807) is 14.2 Å². The predicted octanol–water partition coefficient (Wildman–Crippen LogP) is 3.09. The first-order valence-corrected chi connectivity index (χ1v) is 8.24. The van der Waals surface area contributed by atoms with E-state index in [1.807, 2.05) is 48.7 Å². The minimum atomic E-state index is -0.0121. The highest BCUT2D eigenvalue weighted by Gasteiger charge is 2.09. The molecule has 25 heavy (non-hydrogen) atoms. The van der Waals surface area contributed by atoms with Crippen molar-refractivity contribution in [2.45, 2.75) is 12.8 Å². The summed E-state index contributed by atoms with van der Waals surface area (Å²) >= 11 is 0. The molecule has 0 unspecified atom stereocenters. The van der Waals surface area contributed by atoms with Gasteiger partial charge in [-0.1, -0.05) is 18.2 Å². The molecular weight excluding hydrogens is 316 g/mol. The van der Waals surface area contributed by atoms with Crippen LogP contribution in [0.25, 0.3) is 10.9 Å². The first-order valence-electron chi connectivity index (χ1n) is 8.24. The summed E-state index contributed by atoms with van der Waals surface area (Å²) in [5.74, 6) is 1.55. The third-order valence-electron chi connectivity index (χ3n) is 4.23. The van der Waals surface area contributed by atoms with Gasteiger partial charge in [-0.3, -0.25) is 4.79 Å². The van der Waals surface area contributed by atoms with Gasteiger partial charge in [0, 0.05) is 29.2 Å². The van der Waals surface area contributed by atoms with E-state index in [4.69, 9.17) is 9.47 Å². The largest absolute Gasteiger partial charge is 0.497 e. The van der Waals surface area contributed by atoms with Crippen LogP contribution in [0.4, 0.5) is 0 Å². The Morgan fingerprint density at radius 3 is 2.72 bits per heavy atom. The lowest BCUT2D eigenvalue weighted by Crippen LogP contribution is -2.27. The monoisotopic (exact) mass is 338 g/mol. The first-order chi connectivity index (χ1) is 12.2. The molecule has 1 aromatic heterocycles. The van der Waals surface area contributed by atoms with Crippen molar-refractivity contribution in [3.05, 3.63) is 59.8 Å². The van der Waals surface area contributed by atoms with Crippen molar-refractivity contribution in [3.63, 3.8) is 0 Å². The van der Waals surface area contributed by atoms with E-state index in [1.165, 1.54) is 0 Å². The number of methoxy groups -OCH3 is 2. The first kappa shape index (κ1) is 16.9. The molecule has 0 aliphatic carbocycles. The van der Waals surface area contributed by atoms with Gasteiger partial charge in [0.25, 0.3) is 0 Å². The van der Waals surface area contributed by atoms with Crippen molar-refractivity contribution in [1.29, 1.82) is 0 Å². The van der Waals surface area contributed by atoms with E-state index in [9.17, 15) is 4.79 Å². The molecule has 0 aliphatic rings. The lowest BCUT2D eigenvalue weighted by atomic mass is 10.1. The van der Waals surface area contributed by atoms with Crippen molar-refractivity contribution in [3.8, 4) is 11.5 Å². The van der Waals surface area contributed by atoms with Gasteiger partial charge in [0.05, 0.1) is 20.6 Å². The van der Waals surface area contributed by atoms with Crippen LogP contribution in [0.2, 0.25) is 0 Å². The van der Waals surface area contributed by atoms with Crippen LogP contribution < -0.4 is 14.8 Å². The van der Waals surface area contributed by atoms with Crippen LogP contribution in [-0.4, -0.2) is 31.7 Å². The Hall–Kier alpha value is -2.95. The van der Waals surface area contributed by atoms with Crippen LogP contribution in [0, 0.1) is 0 Å². The number of amides is 1. The van der Waals surface area contributed by atoms with Crippen molar-refractivity contribution in [1.82, 2.24) is 10.3 Å². The van der Waals surface area contributed by atoms with Gasteiger partial charge in [0.2, 0.25) is 5.91 Å². The molecule has 0 atom stereocenters. The van der Waals surface area contributed by atoms with Gasteiger partial charge in [-0.2, -0.15) is 0 Å². The third-order valence-corrected chi connectivity index (χ3v) is 4.23. The molecule has 0 saturated carbocycles. The third kappa shape index (κ3) is 3.94. The van der Waals surface area contributed by atoms with Crippen molar-refractivity contribution in [2.75, 3.05) is 20.8 Å². The van der Waals surface area contributed by atoms with Crippen LogP contribution in [-0.2, 0) is 17.6 Å². The number of fused-ring (bicyclic) bond motifs is 1. The van der Waals surface area contributed by atoms with Gasteiger partial charge < -0.3 is 19.8 Å². The van der Waals surface area contributed by atoms with Crippen LogP contribution in [0.3, 0.4) is 0 Å². The number of hydrogen-bond acceptors (Lipinski definition) is 3. The quantitative estimate of drug-likeness (QED) is 0.696. The Kier molecular flexibility index (Phi) is 5.23. The summed E-state index contributed by atoms with van der Waals surface area (Å²) in [5, 5.41) is 4.10. The van der Waals surface area contributed by atoms with Crippen molar-refractivity contribution < 1.29 is 14.3 Å². The Bertz CT molecular complexity index is 870. The number of rotatable bonds is 7. The Morgan fingerprint density at radius 1 is 1.08 bits per heavy atom. The molecule has 1 heterocycles. The van der Waals surface area contributed by atoms with E-state index in [2.05, 4.69) is 10.3 Å².